The fraction of sp³-hybridized carbons (Fsp3) is 0.571. The number of aliphatic hydroxyl groups excluding tert-OH is 1. The zero-order chi connectivity index (χ0) is 12.8. The minimum Gasteiger partial charge on any atom is -0.398 e. The minimum absolute atomic E-state index is 0.506. The van der Waals surface area contributed by atoms with E-state index >= 15 is 0 Å². The summed E-state index contributed by atoms with van der Waals surface area (Å²) < 4.78 is 0. The van der Waals surface area contributed by atoms with Gasteiger partial charge in [-0.15, -0.1) is 0 Å². The van der Waals surface area contributed by atoms with Gasteiger partial charge in [0, 0.05) is 17.8 Å². The second-order valence-corrected chi connectivity index (χ2v) is 5.09. The minimum atomic E-state index is -0.506. The van der Waals surface area contributed by atoms with Crippen molar-refractivity contribution in [1.29, 1.82) is 0 Å². The Morgan fingerprint density at radius 3 is 2.53 bits per heavy atom. The summed E-state index contributed by atoms with van der Waals surface area (Å²) in [6.07, 6.45) is 0.640. The van der Waals surface area contributed by atoms with Crippen LogP contribution >= 0.6 is 0 Å². The molecule has 3 heteroatoms. The fourth-order valence-corrected chi connectivity index (χ4v) is 1.78. The summed E-state index contributed by atoms with van der Waals surface area (Å²) in [7, 11) is 2.03. The Morgan fingerprint density at radius 1 is 1.29 bits per heavy atom. The molecule has 0 amide bonds. The first-order valence-electron chi connectivity index (χ1n) is 6.21. The number of likely N-dealkylation sites (N-methyl/N-ethyl adjacent to an activating group) is 1. The maximum atomic E-state index is 10.1. The van der Waals surface area contributed by atoms with Crippen molar-refractivity contribution in [2.24, 2.45) is 5.92 Å². The first-order chi connectivity index (χ1) is 8.00. The lowest BCUT2D eigenvalue weighted by molar-refractivity contribution is 0.125. The van der Waals surface area contributed by atoms with Crippen molar-refractivity contribution in [3.8, 4) is 0 Å². The van der Waals surface area contributed by atoms with Crippen LogP contribution in [0.25, 0.3) is 0 Å². The Hall–Kier alpha value is -1.06. The molecule has 17 heavy (non-hydrogen) atoms. The molecule has 0 heterocycles. The number of aliphatic hydroxyl groups is 1. The van der Waals surface area contributed by atoms with Crippen LogP contribution in [-0.2, 0) is 0 Å². The van der Waals surface area contributed by atoms with Crippen molar-refractivity contribution < 1.29 is 5.11 Å². The highest BCUT2D eigenvalue weighted by Crippen LogP contribution is 2.20. The standard InChI is InChI=1S/C14H24N2O/c1-11(2)8-9-16(3)10-14(17)12-6-4-5-7-13(12)15/h4-7,11,14,17H,8-10,15H2,1-3H3. The quantitative estimate of drug-likeness (QED) is 0.745. The molecule has 0 saturated carbocycles. The van der Waals surface area contributed by atoms with E-state index in [2.05, 4.69) is 18.7 Å². The summed E-state index contributed by atoms with van der Waals surface area (Å²) in [6.45, 7) is 6.04. The summed E-state index contributed by atoms with van der Waals surface area (Å²) in [4.78, 5) is 2.15. The van der Waals surface area contributed by atoms with E-state index in [1.807, 2.05) is 31.3 Å². The lowest BCUT2D eigenvalue weighted by Gasteiger charge is -2.22. The molecule has 0 aliphatic rings. The zero-order valence-electron chi connectivity index (χ0n) is 11.1. The van der Waals surface area contributed by atoms with E-state index in [0.717, 1.165) is 18.5 Å². The Labute approximate surface area is 104 Å². The monoisotopic (exact) mass is 236 g/mol. The SMILES string of the molecule is CC(C)CCN(C)CC(O)c1ccccc1N. The Bertz CT molecular complexity index is 339. The number of nitrogen functional groups attached to an aromatic ring is 1. The van der Waals surface area contributed by atoms with E-state index in [1.54, 1.807) is 0 Å². The van der Waals surface area contributed by atoms with E-state index in [1.165, 1.54) is 0 Å². The molecule has 0 bridgehead atoms. The largest absolute Gasteiger partial charge is 0.398 e. The average molecular weight is 236 g/mol. The first kappa shape index (κ1) is 14.0. The van der Waals surface area contributed by atoms with Crippen LogP contribution in [0.1, 0.15) is 31.9 Å². The van der Waals surface area contributed by atoms with Gasteiger partial charge in [-0.05, 0) is 32.0 Å². The van der Waals surface area contributed by atoms with Crippen LogP contribution in [0.3, 0.4) is 0 Å². The second kappa shape index (κ2) is 6.62. The summed E-state index contributed by atoms with van der Waals surface area (Å²) >= 11 is 0. The van der Waals surface area contributed by atoms with Gasteiger partial charge in [0.05, 0.1) is 6.10 Å². The summed E-state index contributed by atoms with van der Waals surface area (Å²) in [5.41, 5.74) is 7.33. The van der Waals surface area contributed by atoms with E-state index < -0.39 is 6.10 Å². The number of anilines is 1. The molecule has 3 N–H and O–H groups in total. The molecule has 0 aliphatic carbocycles. The smallest absolute Gasteiger partial charge is 0.0936 e. The van der Waals surface area contributed by atoms with Gasteiger partial charge >= 0.3 is 0 Å². The maximum Gasteiger partial charge on any atom is 0.0936 e. The number of para-hydroxylation sites is 1. The first-order valence-corrected chi connectivity index (χ1v) is 6.21. The molecule has 0 saturated heterocycles. The lowest BCUT2D eigenvalue weighted by atomic mass is 10.1. The topological polar surface area (TPSA) is 49.5 Å². The molecule has 0 fully saturated rings. The highest BCUT2D eigenvalue weighted by Gasteiger charge is 2.13. The van der Waals surface area contributed by atoms with Gasteiger partial charge in [0.2, 0.25) is 0 Å². The number of hydrogen-bond acceptors (Lipinski definition) is 3. The molecule has 0 radical (unpaired) electrons. The highest BCUT2D eigenvalue weighted by atomic mass is 16.3. The number of benzene rings is 1. The molecular weight excluding hydrogens is 212 g/mol. The Morgan fingerprint density at radius 2 is 1.94 bits per heavy atom. The molecule has 0 spiro atoms. The number of nitrogens with zero attached hydrogens (tertiary/aromatic N) is 1. The fourth-order valence-electron chi connectivity index (χ4n) is 1.78. The van der Waals surface area contributed by atoms with Crippen LogP contribution in [-0.4, -0.2) is 30.1 Å². The van der Waals surface area contributed by atoms with Gasteiger partial charge in [-0.2, -0.15) is 0 Å². The van der Waals surface area contributed by atoms with Crippen molar-refractivity contribution >= 4 is 5.69 Å². The molecule has 0 aliphatic heterocycles. The molecule has 1 aromatic carbocycles. The third kappa shape index (κ3) is 4.75. The zero-order valence-corrected chi connectivity index (χ0v) is 11.1. The van der Waals surface area contributed by atoms with Crippen molar-refractivity contribution in [2.45, 2.75) is 26.4 Å². The van der Waals surface area contributed by atoms with Crippen molar-refractivity contribution in [3.05, 3.63) is 29.8 Å². The van der Waals surface area contributed by atoms with Gasteiger partial charge < -0.3 is 15.7 Å². The lowest BCUT2D eigenvalue weighted by Crippen LogP contribution is -2.26. The summed E-state index contributed by atoms with van der Waals surface area (Å²) in [5, 5.41) is 10.1. The van der Waals surface area contributed by atoms with E-state index in [4.69, 9.17) is 5.73 Å². The van der Waals surface area contributed by atoms with Crippen LogP contribution in [0, 0.1) is 5.92 Å². The van der Waals surface area contributed by atoms with Crippen molar-refractivity contribution in [2.75, 3.05) is 25.9 Å². The van der Waals surface area contributed by atoms with E-state index in [-0.39, 0.29) is 0 Å². The normalized spacial score (nSPS) is 13.3. The van der Waals surface area contributed by atoms with Gasteiger partial charge in [-0.25, -0.2) is 0 Å². The van der Waals surface area contributed by atoms with Gasteiger partial charge in [-0.1, -0.05) is 32.0 Å². The van der Waals surface area contributed by atoms with Crippen LogP contribution in [0.2, 0.25) is 0 Å². The molecule has 1 aromatic rings. The van der Waals surface area contributed by atoms with Gasteiger partial charge in [0.1, 0.15) is 0 Å². The van der Waals surface area contributed by atoms with Crippen LogP contribution in [0.15, 0.2) is 24.3 Å². The molecule has 96 valence electrons. The van der Waals surface area contributed by atoms with Crippen LogP contribution in [0.5, 0.6) is 0 Å². The Kier molecular flexibility index (Phi) is 5.45. The molecule has 3 nitrogen and oxygen atoms in total. The van der Waals surface area contributed by atoms with Crippen LogP contribution < -0.4 is 5.73 Å². The highest BCUT2D eigenvalue weighted by molar-refractivity contribution is 5.47. The van der Waals surface area contributed by atoms with E-state index in [0.29, 0.717) is 18.2 Å². The van der Waals surface area contributed by atoms with Gasteiger partial charge in [-0.3, -0.25) is 0 Å². The number of rotatable bonds is 6. The molecule has 0 aromatic heterocycles. The van der Waals surface area contributed by atoms with Crippen LogP contribution in [0.4, 0.5) is 5.69 Å². The Balaban J connectivity index is 2.49. The number of hydrogen-bond donors (Lipinski definition) is 2. The molecule has 1 atom stereocenters. The third-order valence-electron chi connectivity index (χ3n) is 2.93. The predicted octanol–water partition coefficient (Wildman–Crippen LogP) is 2.28. The maximum absolute atomic E-state index is 10.1. The molecule has 1 rings (SSSR count). The molecular formula is C14H24N2O. The van der Waals surface area contributed by atoms with Crippen molar-refractivity contribution in [1.82, 2.24) is 4.90 Å². The average Bonchev–Trinajstić information content (AvgIpc) is 2.26. The molecule has 1 unspecified atom stereocenters. The second-order valence-electron chi connectivity index (χ2n) is 5.09. The summed E-state index contributed by atoms with van der Waals surface area (Å²) in [5.74, 6) is 0.691. The third-order valence-corrected chi connectivity index (χ3v) is 2.93. The number of nitrogens with two attached hydrogens (primary N) is 1. The van der Waals surface area contributed by atoms with Crippen molar-refractivity contribution in [3.63, 3.8) is 0 Å². The summed E-state index contributed by atoms with van der Waals surface area (Å²) in [6, 6.07) is 7.50. The van der Waals surface area contributed by atoms with Gasteiger partial charge in [0.15, 0.2) is 0 Å². The predicted molar refractivity (Wildman–Crippen MR) is 72.8 cm³/mol. The van der Waals surface area contributed by atoms with E-state index in [9.17, 15) is 5.11 Å². The van der Waals surface area contributed by atoms with Gasteiger partial charge in [0.25, 0.3) is 0 Å².